The summed E-state index contributed by atoms with van der Waals surface area (Å²) in [5, 5.41) is 6.62. The van der Waals surface area contributed by atoms with E-state index in [9.17, 15) is 9.59 Å². The Morgan fingerprint density at radius 2 is 1.94 bits per heavy atom. The highest BCUT2D eigenvalue weighted by molar-refractivity contribution is 5.99. The zero-order valence-corrected chi connectivity index (χ0v) is 20.4. The maximum absolute atomic E-state index is 13.4. The summed E-state index contributed by atoms with van der Waals surface area (Å²) in [6, 6.07) is 9.53. The second-order valence-corrected chi connectivity index (χ2v) is 8.70. The van der Waals surface area contributed by atoms with E-state index >= 15 is 0 Å². The first kappa shape index (κ1) is 25.4. The summed E-state index contributed by atoms with van der Waals surface area (Å²) in [7, 11) is 0. The average molecular weight is 464 g/mol. The third kappa shape index (κ3) is 7.14. The lowest BCUT2D eigenvalue weighted by molar-refractivity contribution is 0.0648. The zero-order chi connectivity index (χ0) is 24.2. The molecule has 1 amide bonds. The molecule has 0 radical (unpaired) electrons. The van der Waals surface area contributed by atoms with Gasteiger partial charge >= 0.3 is 0 Å². The number of carbonyl (C=O) groups is 2. The molecule has 1 heterocycles. The highest BCUT2D eigenvalue weighted by atomic mass is 16.2. The fourth-order valence-electron chi connectivity index (χ4n) is 4.34. The monoisotopic (exact) mass is 463 g/mol. The highest BCUT2D eigenvalue weighted by Crippen LogP contribution is 2.27. The molecule has 1 fully saturated rings. The van der Waals surface area contributed by atoms with Crippen molar-refractivity contribution in [3.8, 4) is 0 Å². The number of carbonyl (C=O) groups excluding carboxylic acids is 2. The Balaban J connectivity index is 1.72. The molecule has 7 nitrogen and oxygen atoms in total. The van der Waals surface area contributed by atoms with Crippen LogP contribution < -0.4 is 10.6 Å². The van der Waals surface area contributed by atoms with Crippen LogP contribution in [-0.4, -0.2) is 53.6 Å². The predicted molar refractivity (Wildman–Crippen MR) is 139 cm³/mol. The number of ketones is 1. The molecule has 182 valence electrons. The minimum atomic E-state index is -0.0950. The Hall–Kier alpha value is -3.22. The normalized spacial score (nSPS) is 14.2. The van der Waals surface area contributed by atoms with Gasteiger partial charge in [-0.25, -0.2) is 0 Å². The number of anilines is 2. The summed E-state index contributed by atoms with van der Waals surface area (Å²) >= 11 is 0. The van der Waals surface area contributed by atoms with E-state index in [1.54, 1.807) is 24.5 Å². The van der Waals surface area contributed by atoms with Gasteiger partial charge in [0.05, 0.1) is 17.7 Å². The number of aromatic nitrogens is 1. The molecule has 1 aromatic heterocycles. The fraction of sp³-hybridized carbons (Fsp3) is 0.481. The summed E-state index contributed by atoms with van der Waals surface area (Å²) < 4.78 is 0. The molecular formula is C27H37N5O2. The molecule has 0 unspecified atom stereocenters. The van der Waals surface area contributed by atoms with E-state index in [0.29, 0.717) is 23.7 Å². The standard InChI is InChI=1S/C27H37N5O2/c1-3-5-16-30-24-14-13-21(27(34)32(4-2)23-11-7-6-8-12-23)17-25(24)31-20-29-19-26(33)22-10-9-15-28-18-22/h9-10,13-15,17-18,20,23,30H,3-8,11-12,16,19H2,1-2H3,(H,29,31). The number of unbranched alkanes of at least 4 members (excludes halogenated alkanes) is 1. The van der Waals surface area contributed by atoms with Crippen molar-refractivity contribution in [2.45, 2.75) is 64.8 Å². The minimum absolute atomic E-state index is 0.0290. The SMILES string of the molecule is CCCCNc1ccc(C(=O)N(CC)C2CCCCC2)cc1NC=NCC(=O)c1cccnc1. The average Bonchev–Trinajstić information content (AvgIpc) is 2.88. The third-order valence-corrected chi connectivity index (χ3v) is 6.26. The first-order valence-electron chi connectivity index (χ1n) is 12.5. The summed E-state index contributed by atoms with van der Waals surface area (Å²) in [6.45, 7) is 5.79. The molecule has 0 atom stereocenters. The van der Waals surface area contributed by atoms with Gasteiger partial charge in [-0.2, -0.15) is 0 Å². The third-order valence-electron chi connectivity index (χ3n) is 6.26. The minimum Gasteiger partial charge on any atom is -0.383 e. The van der Waals surface area contributed by atoms with E-state index < -0.39 is 0 Å². The summed E-state index contributed by atoms with van der Waals surface area (Å²) in [5.74, 6) is -0.0244. The number of rotatable bonds is 12. The Bertz CT molecular complexity index is 955. The quantitative estimate of drug-likeness (QED) is 0.190. The highest BCUT2D eigenvalue weighted by Gasteiger charge is 2.25. The van der Waals surface area contributed by atoms with Crippen molar-refractivity contribution in [2.24, 2.45) is 4.99 Å². The van der Waals surface area contributed by atoms with Crippen LogP contribution in [0.1, 0.15) is 79.5 Å². The van der Waals surface area contributed by atoms with Crippen LogP contribution in [0.2, 0.25) is 0 Å². The summed E-state index contributed by atoms with van der Waals surface area (Å²) in [5.41, 5.74) is 2.89. The number of hydrogen-bond acceptors (Lipinski definition) is 5. The molecule has 2 N–H and O–H groups in total. The van der Waals surface area contributed by atoms with E-state index in [1.165, 1.54) is 25.6 Å². The Morgan fingerprint density at radius 1 is 1.12 bits per heavy atom. The van der Waals surface area contributed by atoms with E-state index in [0.717, 1.165) is 43.6 Å². The van der Waals surface area contributed by atoms with Gasteiger partial charge in [0, 0.05) is 42.7 Å². The molecule has 0 spiro atoms. The van der Waals surface area contributed by atoms with Crippen LogP contribution in [0.4, 0.5) is 11.4 Å². The number of Topliss-reactive ketones (excluding diaryl/α,β-unsaturated/α-hetero) is 1. The van der Waals surface area contributed by atoms with Crippen LogP contribution in [0, 0.1) is 0 Å². The first-order valence-corrected chi connectivity index (χ1v) is 12.5. The maximum Gasteiger partial charge on any atom is 0.254 e. The van der Waals surface area contributed by atoms with Crippen molar-refractivity contribution in [3.63, 3.8) is 0 Å². The number of amides is 1. The van der Waals surface area contributed by atoms with E-state index in [-0.39, 0.29) is 18.2 Å². The topological polar surface area (TPSA) is 86.7 Å². The number of benzene rings is 1. The molecule has 0 saturated heterocycles. The van der Waals surface area contributed by atoms with Crippen LogP contribution in [0.3, 0.4) is 0 Å². The van der Waals surface area contributed by atoms with Gasteiger partial charge in [0.2, 0.25) is 0 Å². The van der Waals surface area contributed by atoms with Crippen LogP contribution >= 0.6 is 0 Å². The van der Waals surface area contributed by atoms with Crippen molar-refractivity contribution in [2.75, 3.05) is 30.3 Å². The first-order chi connectivity index (χ1) is 16.6. The molecule has 0 aliphatic heterocycles. The molecule has 1 aliphatic carbocycles. The Labute approximate surface area is 203 Å². The van der Waals surface area contributed by atoms with Crippen molar-refractivity contribution in [1.29, 1.82) is 0 Å². The van der Waals surface area contributed by atoms with Gasteiger partial charge in [0.25, 0.3) is 5.91 Å². The second kappa shape index (κ2) is 13.5. The maximum atomic E-state index is 13.4. The Kier molecular flexibility index (Phi) is 10.1. The van der Waals surface area contributed by atoms with Gasteiger partial charge in [0.1, 0.15) is 6.54 Å². The smallest absolute Gasteiger partial charge is 0.254 e. The second-order valence-electron chi connectivity index (χ2n) is 8.70. The molecule has 2 aromatic rings. The van der Waals surface area contributed by atoms with Crippen LogP contribution in [0.25, 0.3) is 0 Å². The molecule has 34 heavy (non-hydrogen) atoms. The van der Waals surface area contributed by atoms with Crippen molar-refractivity contribution in [3.05, 3.63) is 53.9 Å². The van der Waals surface area contributed by atoms with Crippen molar-refractivity contribution < 1.29 is 9.59 Å². The van der Waals surface area contributed by atoms with Gasteiger partial charge in [-0.1, -0.05) is 32.6 Å². The van der Waals surface area contributed by atoms with Gasteiger partial charge < -0.3 is 15.5 Å². The lowest BCUT2D eigenvalue weighted by Crippen LogP contribution is -2.41. The van der Waals surface area contributed by atoms with E-state index in [1.807, 2.05) is 23.1 Å². The molecule has 1 aromatic carbocycles. The number of hydrogen-bond donors (Lipinski definition) is 2. The number of pyridine rings is 1. The zero-order valence-electron chi connectivity index (χ0n) is 20.4. The lowest BCUT2D eigenvalue weighted by atomic mass is 9.93. The predicted octanol–water partition coefficient (Wildman–Crippen LogP) is 5.41. The van der Waals surface area contributed by atoms with Crippen LogP contribution in [-0.2, 0) is 0 Å². The summed E-state index contributed by atoms with van der Waals surface area (Å²) in [4.78, 5) is 35.9. The molecule has 7 heteroatoms. The number of nitrogens with one attached hydrogen (secondary N) is 2. The Morgan fingerprint density at radius 3 is 2.65 bits per heavy atom. The van der Waals surface area contributed by atoms with Crippen LogP contribution in [0.5, 0.6) is 0 Å². The lowest BCUT2D eigenvalue weighted by Gasteiger charge is -2.33. The van der Waals surface area contributed by atoms with E-state index in [4.69, 9.17) is 0 Å². The van der Waals surface area contributed by atoms with Gasteiger partial charge in [0.15, 0.2) is 5.78 Å². The van der Waals surface area contributed by atoms with Gasteiger partial charge in [-0.05, 0) is 56.5 Å². The molecule has 1 saturated carbocycles. The van der Waals surface area contributed by atoms with E-state index in [2.05, 4.69) is 34.5 Å². The fourth-order valence-corrected chi connectivity index (χ4v) is 4.34. The van der Waals surface area contributed by atoms with Crippen LogP contribution in [0.15, 0.2) is 47.7 Å². The largest absolute Gasteiger partial charge is 0.383 e. The molecular weight excluding hydrogens is 426 g/mol. The molecule has 0 bridgehead atoms. The van der Waals surface area contributed by atoms with Gasteiger partial charge in [-0.15, -0.1) is 0 Å². The van der Waals surface area contributed by atoms with Gasteiger partial charge in [-0.3, -0.25) is 19.6 Å². The van der Waals surface area contributed by atoms with Crippen molar-refractivity contribution in [1.82, 2.24) is 9.88 Å². The number of aliphatic imine (C=N–C) groups is 1. The summed E-state index contributed by atoms with van der Waals surface area (Å²) in [6.07, 6.45) is 12.7. The number of nitrogens with zero attached hydrogens (tertiary/aromatic N) is 3. The van der Waals surface area contributed by atoms with Crippen molar-refractivity contribution >= 4 is 29.4 Å². The molecule has 1 aliphatic rings. The molecule has 3 rings (SSSR count).